The minimum atomic E-state index is -0.484. The molecule has 3 rings (SSSR count). The topological polar surface area (TPSA) is 88.5 Å². The number of nitrogens with two attached hydrogens (primary N) is 1. The van der Waals surface area contributed by atoms with Crippen LogP contribution in [0.1, 0.15) is 26.7 Å². The Morgan fingerprint density at radius 2 is 1.85 bits per heavy atom. The van der Waals surface area contributed by atoms with E-state index in [2.05, 4.69) is 15.0 Å². The van der Waals surface area contributed by atoms with Crippen LogP contribution in [-0.4, -0.2) is 58.1 Å². The monoisotopic (exact) mass is 391 g/mol. The Kier molecular flexibility index (Phi) is 5.83. The number of piperazine rings is 1. The summed E-state index contributed by atoms with van der Waals surface area (Å²) in [6.45, 7) is 9.33. The van der Waals surface area contributed by atoms with E-state index in [1.54, 1.807) is 12.1 Å². The zero-order valence-corrected chi connectivity index (χ0v) is 16.7. The maximum absolute atomic E-state index is 12.5. The molecule has 0 radical (unpaired) electrons. The molecule has 1 fully saturated rings. The van der Waals surface area contributed by atoms with Crippen LogP contribution in [0.2, 0.25) is 5.02 Å². The van der Waals surface area contributed by atoms with Crippen LogP contribution in [0.4, 0.5) is 0 Å². The van der Waals surface area contributed by atoms with Crippen LogP contribution >= 0.6 is 11.6 Å². The number of benzene rings is 1. The van der Waals surface area contributed by atoms with Crippen molar-refractivity contribution in [3.8, 4) is 11.4 Å². The predicted molar refractivity (Wildman–Crippen MR) is 104 cm³/mol. The molecule has 146 valence electrons. The smallest absolute Gasteiger partial charge is 0.241 e. The van der Waals surface area contributed by atoms with Crippen molar-refractivity contribution < 1.29 is 9.32 Å². The van der Waals surface area contributed by atoms with Crippen LogP contribution in [-0.2, 0) is 11.3 Å². The van der Waals surface area contributed by atoms with E-state index in [0.29, 0.717) is 36.4 Å². The number of hydrogen-bond acceptors (Lipinski definition) is 6. The van der Waals surface area contributed by atoms with Crippen molar-refractivity contribution >= 4 is 17.5 Å². The number of halogens is 1. The molecule has 1 aliphatic heterocycles. The molecule has 2 N–H and O–H groups in total. The van der Waals surface area contributed by atoms with Crippen molar-refractivity contribution in [1.82, 2.24) is 19.9 Å². The molecule has 2 heterocycles. The van der Waals surface area contributed by atoms with Crippen molar-refractivity contribution in [3.63, 3.8) is 0 Å². The first-order chi connectivity index (χ1) is 12.7. The van der Waals surface area contributed by atoms with Crippen LogP contribution in [0.15, 0.2) is 28.8 Å². The zero-order chi connectivity index (χ0) is 19.6. The number of aromatic nitrogens is 2. The lowest BCUT2D eigenvalue weighted by atomic mass is 9.86. The maximum atomic E-state index is 12.5. The van der Waals surface area contributed by atoms with E-state index in [4.69, 9.17) is 21.9 Å². The van der Waals surface area contributed by atoms with Gasteiger partial charge in [-0.05, 0) is 29.7 Å². The lowest BCUT2D eigenvalue weighted by molar-refractivity contribution is -0.136. The van der Waals surface area contributed by atoms with Gasteiger partial charge in [0.2, 0.25) is 17.6 Å². The summed E-state index contributed by atoms with van der Waals surface area (Å²) in [6, 6.07) is 6.83. The predicted octanol–water partition coefficient (Wildman–Crippen LogP) is 2.41. The molecule has 0 unspecified atom stereocenters. The van der Waals surface area contributed by atoms with Gasteiger partial charge in [-0.3, -0.25) is 9.69 Å². The first-order valence-corrected chi connectivity index (χ1v) is 9.47. The molecular weight excluding hydrogens is 366 g/mol. The molecule has 1 aromatic heterocycles. The molecule has 0 saturated carbocycles. The lowest BCUT2D eigenvalue weighted by Crippen LogP contribution is -2.56. The van der Waals surface area contributed by atoms with Gasteiger partial charge in [0, 0.05) is 36.8 Å². The molecule has 1 amide bonds. The van der Waals surface area contributed by atoms with Crippen molar-refractivity contribution in [2.45, 2.75) is 33.4 Å². The SMILES string of the molecule is CC(C)(C)[C@H](N)C(=O)N1CCN(Cc2nc(-c3ccc(Cl)cc3)no2)CC1. The van der Waals surface area contributed by atoms with Crippen molar-refractivity contribution in [3.05, 3.63) is 35.2 Å². The summed E-state index contributed by atoms with van der Waals surface area (Å²) in [7, 11) is 0. The molecule has 0 aliphatic carbocycles. The Morgan fingerprint density at radius 1 is 1.22 bits per heavy atom. The van der Waals surface area contributed by atoms with Crippen LogP contribution in [0, 0.1) is 5.41 Å². The number of rotatable bonds is 4. The van der Waals surface area contributed by atoms with Crippen LogP contribution < -0.4 is 5.73 Å². The molecule has 27 heavy (non-hydrogen) atoms. The highest BCUT2D eigenvalue weighted by atomic mass is 35.5. The second-order valence-corrected chi connectivity index (χ2v) is 8.40. The molecule has 2 aromatic rings. The Labute approximate surface area is 164 Å². The number of hydrogen-bond donors (Lipinski definition) is 1. The fourth-order valence-corrected chi connectivity index (χ4v) is 3.05. The molecule has 0 spiro atoms. The van der Waals surface area contributed by atoms with E-state index in [1.165, 1.54) is 0 Å². The van der Waals surface area contributed by atoms with Crippen LogP contribution in [0.25, 0.3) is 11.4 Å². The van der Waals surface area contributed by atoms with Gasteiger partial charge in [-0.1, -0.05) is 37.5 Å². The third-order valence-corrected chi connectivity index (χ3v) is 5.06. The maximum Gasteiger partial charge on any atom is 0.241 e. The van der Waals surface area contributed by atoms with Gasteiger partial charge < -0.3 is 15.2 Å². The van der Waals surface area contributed by atoms with E-state index in [-0.39, 0.29) is 11.3 Å². The van der Waals surface area contributed by atoms with Gasteiger partial charge in [-0.2, -0.15) is 4.98 Å². The number of carbonyl (C=O) groups excluding carboxylic acids is 1. The van der Waals surface area contributed by atoms with E-state index < -0.39 is 6.04 Å². The third kappa shape index (κ3) is 4.86. The zero-order valence-electron chi connectivity index (χ0n) is 16.0. The highest BCUT2D eigenvalue weighted by Crippen LogP contribution is 2.21. The minimum Gasteiger partial charge on any atom is -0.339 e. The summed E-state index contributed by atoms with van der Waals surface area (Å²) in [6.07, 6.45) is 0. The van der Waals surface area contributed by atoms with Gasteiger partial charge in [0.15, 0.2) is 0 Å². The highest BCUT2D eigenvalue weighted by Gasteiger charge is 2.32. The normalized spacial score (nSPS) is 17.1. The highest BCUT2D eigenvalue weighted by molar-refractivity contribution is 6.30. The Balaban J connectivity index is 1.54. The Hall–Kier alpha value is -1.96. The van der Waals surface area contributed by atoms with Gasteiger partial charge in [0.05, 0.1) is 12.6 Å². The largest absolute Gasteiger partial charge is 0.339 e. The van der Waals surface area contributed by atoms with E-state index in [0.717, 1.165) is 18.7 Å². The summed E-state index contributed by atoms with van der Waals surface area (Å²) < 4.78 is 5.37. The van der Waals surface area contributed by atoms with Crippen LogP contribution in [0.3, 0.4) is 0 Å². The fraction of sp³-hybridized carbons (Fsp3) is 0.526. The van der Waals surface area contributed by atoms with Gasteiger partial charge in [0.25, 0.3) is 0 Å². The summed E-state index contributed by atoms with van der Waals surface area (Å²) in [5.41, 5.74) is 6.73. The molecule has 1 aliphatic rings. The summed E-state index contributed by atoms with van der Waals surface area (Å²) in [5.74, 6) is 1.13. The average Bonchev–Trinajstić information content (AvgIpc) is 3.09. The molecule has 1 aromatic carbocycles. The average molecular weight is 392 g/mol. The standard InChI is InChI=1S/C19H26ClN5O2/c1-19(2,3)16(21)18(26)25-10-8-24(9-11-25)12-15-22-17(23-27-15)13-4-6-14(20)7-5-13/h4-7,16H,8-12,21H2,1-3H3/t16-/m1/s1. The first kappa shape index (κ1) is 19.8. The first-order valence-electron chi connectivity index (χ1n) is 9.09. The van der Waals surface area contributed by atoms with Crippen molar-refractivity contribution in [2.24, 2.45) is 11.1 Å². The molecule has 8 heteroatoms. The molecule has 7 nitrogen and oxygen atoms in total. The summed E-state index contributed by atoms with van der Waals surface area (Å²) in [5, 5.41) is 4.71. The van der Waals surface area contributed by atoms with Crippen molar-refractivity contribution in [1.29, 1.82) is 0 Å². The molecule has 1 atom stereocenters. The Morgan fingerprint density at radius 3 is 2.44 bits per heavy atom. The Bertz CT molecular complexity index is 776. The second-order valence-electron chi connectivity index (χ2n) is 7.96. The fourth-order valence-electron chi connectivity index (χ4n) is 2.92. The van der Waals surface area contributed by atoms with Gasteiger partial charge in [-0.25, -0.2) is 0 Å². The number of amides is 1. The molecular formula is C19H26ClN5O2. The second kappa shape index (κ2) is 7.96. The van der Waals surface area contributed by atoms with E-state index >= 15 is 0 Å². The number of carbonyl (C=O) groups is 1. The van der Waals surface area contributed by atoms with Gasteiger partial charge in [-0.15, -0.1) is 0 Å². The van der Waals surface area contributed by atoms with Gasteiger partial charge >= 0.3 is 0 Å². The summed E-state index contributed by atoms with van der Waals surface area (Å²) >= 11 is 5.90. The summed E-state index contributed by atoms with van der Waals surface area (Å²) in [4.78, 5) is 21.0. The van der Waals surface area contributed by atoms with E-state index in [9.17, 15) is 4.79 Å². The van der Waals surface area contributed by atoms with Gasteiger partial charge in [0.1, 0.15) is 0 Å². The number of nitrogens with zero attached hydrogens (tertiary/aromatic N) is 4. The third-order valence-electron chi connectivity index (χ3n) is 4.81. The minimum absolute atomic E-state index is 0.0185. The lowest BCUT2D eigenvalue weighted by Gasteiger charge is -2.37. The quantitative estimate of drug-likeness (QED) is 0.860. The van der Waals surface area contributed by atoms with E-state index in [1.807, 2.05) is 37.8 Å². The van der Waals surface area contributed by atoms with Crippen molar-refractivity contribution in [2.75, 3.05) is 26.2 Å². The molecule has 0 bridgehead atoms. The molecule has 1 saturated heterocycles. The van der Waals surface area contributed by atoms with Crippen LogP contribution in [0.5, 0.6) is 0 Å².